The van der Waals surface area contributed by atoms with Gasteiger partial charge in [0.1, 0.15) is 29.4 Å². The van der Waals surface area contributed by atoms with Crippen LogP contribution in [0.3, 0.4) is 0 Å². The smallest absolute Gasteiger partial charge is 0.368 e. The van der Waals surface area contributed by atoms with Gasteiger partial charge in [0.2, 0.25) is 0 Å². The summed E-state index contributed by atoms with van der Waals surface area (Å²) in [5, 5.41) is 0. The SMILES string of the molecule is COc1ccc(C(OC[C@H]2O[C@@H](n3cnc4c(=O)oc(N)nc43)CC2OP(OC)N(C(C)C)C(C)C)(c2ccccc2)c2ccc(OC)cc2)cc1. The average molecular weight is 732 g/mol. The number of nitrogen functional groups attached to an aromatic ring is 1. The molecule has 0 amide bonds. The van der Waals surface area contributed by atoms with Crippen molar-refractivity contribution >= 4 is 25.7 Å². The Labute approximate surface area is 304 Å². The number of benzene rings is 3. The van der Waals surface area contributed by atoms with Gasteiger partial charge in [-0.05, 0) is 68.7 Å². The summed E-state index contributed by atoms with van der Waals surface area (Å²) in [5.41, 5.74) is 7.07. The van der Waals surface area contributed by atoms with E-state index >= 15 is 0 Å². The van der Waals surface area contributed by atoms with Crippen molar-refractivity contribution in [3.63, 3.8) is 0 Å². The van der Waals surface area contributed by atoms with Gasteiger partial charge in [-0.1, -0.05) is 54.6 Å². The zero-order valence-corrected chi connectivity index (χ0v) is 31.4. The maximum atomic E-state index is 12.6. The largest absolute Gasteiger partial charge is 0.497 e. The van der Waals surface area contributed by atoms with E-state index < -0.39 is 38.2 Å². The van der Waals surface area contributed by atoms with Gasteiger partial charge in [-0.2, -0.15) is 4.98 Å². The predicted molar refractivity (Wildman–Crippen MR) is 198 cm³/mol. The van der Waals surface area contributed by atoms with Gasteiger partial charge in [0.15, 0.2) is 11.2 Å². The normalized spacial score (nSPS) is 18.5. The van der Waals surface area contributed by atoms with E-state index in [4.69, 9.17) is 38.1 Å². The summed E-state index contributed by atoms with van der Waals surface area (Å²) in [7, 11) is 3.44. The maximum absolute atomic E-state index is 12.6. The first kappa shape index (κ1) is 37.4. The molecule has 2 N–H and O–H groups in total. The molecule has 1 saturated heterocycles. The summed E-state index contributed by atoms with van der Waals surface area (Å²) in [4.78, 5) is 21.1. The summed E-state index contributed by atoms with van der Waals surface area (Å²) in [6.07, 6.45) is 0.185. The lowest BCUT2D eigenvalue weighted by Gasteiger charge is -2.38. The maximum Gasteiger partial charge on any atom is 0.368 e. The Morgan fingerprint density at radius 2 is 1.48 bits per heavy atom. The Bertz CT molecular complexity index is 1910. The van der Waals surface area contributed by atoms with Gasteiger partial charge in [0.05, 0.1) is 33.3 Å². The molecule has 0 bridgehead atoms. The summed E-state index contributed by atoms with van der Waals surface area (Å²) < 4.78 is 46.8. The Morgan fingerprint density at radius 1 is 0.904 bits per heavy atom. The number of methoxy groups -OCH3 is 2. The Balaban J connectivity index is 1.43. The van der Waals surface area contributed by atoms with Crippen molar-refractivity contribution in [3.05, 3.63) is 112 Å². The molecule has 6 rings (SSSR count). The van der Waals surface area contributed by atoms with E-state index in [2.05, 4.69) is 42.3 Å². The minimum absolute atomic E-state index is 0.0574. The number of hydrogen-bond donors (Lipinski definition) is 1. The Hall–Kier alpha value is -4.36. The monoisotopic (exact) mass is 731 g/mol. The molecule has 0 radical (unpaired) electrons. The highest BCUT2D eigenvalue weighted by Crippen LogP contribution is 2.50. The van der Waals surface area contributed by atoms with Crippen LogP contribution in [-0.4, -0.2) is 71.4 Å². The van der Waals surface area contributed by atoms with Crippen molar-refractivity contribution in [1.29, 1.82) is 0 Å². The van der Waals surface area contributed by atoms with E-state index in [1.807, 2.05) is 78.9 Å². The third-order valence-electron chi connectivity index (χ3n) is 9.13. The van der Waals surface area contributed by atoms with Crippen LogP contribution in [0.4, 0.5) is 6.01 Å². The lowest BCUT2D eigenvalue weighted by molar-refractivity contribution is -0.0910. The van der Waals surface area contributed by atoms with E-state index in [0.717, 1.165) is 28.2 Å². The predicted octanol–water partition coefficient (Wildman–Crippen LogP) is 6.66. The van der Waals surface area contributed by atoms with Gasteiger partial charge in [0, 0.05) is 25.6 Å². The molecule has 52 heavy (non-hydrogen) atoms. The first-order valence-corrected chi connectivity index (χ1v) is 18.3. The number of ether oxygens (including phenoxy) is 4. The van der Waals surface area contributed by atoms with Crippen LogP contribution < -0.4 is 20.8 Å². The fourth-order valence-corrected chi connectivity index (χ4v) is 8.38. The molecule has 1 aliphatic heterocycles. The van der Waals surface area contributed by atoms with Gasteiger partial charge < -0.3 is 38.1 Å². The number of fused-ring (bicyclic) bond motifs is 1. The van der Waals surface area contributed by atoms with Crippen molar-refractivity contribution in [2.75, 3.05) is 33.7 Å². The summed E-state index contributed by atoms with van der Waals surface area (Å²) in [6.45, 7) is 8.56. The van der Waals surface area contributed by atoms with Crippen molar-refractivity contribution in [1.82, 2.24) is 19.2 Å². The number of anilines is 1. The molecule has 14 heteroatoms. The fraction of sp³-hybridized carbons (Fsp3) is 0.395. The van der Waals surface area contributed by atoms with Crippen LogP contribution in [0, 0.1) is 0 Å². The van der Waals surface area contributed by atoms with Crippen molar-refractivity contribution in [2.45, 2.75) is 70.2 Å². The van der Waals surface area contributed by atoms with Gasteiger partial charge in [-0.3, -0.25) is 4.57 Å². The number of rotatable bonds is 15. The molecule has 3 heterocycles. The molecule has 0 aliphatic carbocycles. The highest BCUT2D eigenvalue weighted by atomic mass is 31.2. The molecular formula is C38H46N5O8P. The topological polar surface area (TPSA) is 146 Å². The lowest BCUT2D eigenvalue weighted by atomic mass is 9.80. The molecule has 5 aromatic rings. The van der Waals surface area contributed by atoms with Crippen molar-refractivity contribution < 1.29 is 32.4 Å². The fourth-order valence-electron chi connectivity index (χ4n) is 6.79. The Morgan fingerprint density at radius 3 is 2.02 bits per heavy atom. The molecule has 0 spiro atoms. The molecule has 0 saturated carbocycles. The molecule has 276 valence electrons. The van der Waals surface area contributed by atoms with Crippen LogP contribution in [0.2, 0.25) is 0 Å². The van der Waals surface area contributed by atoms with Crippen molar-refractivity contribution in [2.24, 2.45) is 0 Å². The highest BCUT2D eigenvalue weighted by Gasteiger charge is 2.45. The first-order chi connectivity index (χ1) is 25.1. The van der Waals surface area contributed by atoms with E-state index in [1.165, 1.54) is 6.33 Å². The molecule has 2 aromatic heterocycles. The van der Waals surface area contributed by atoms with Crippen LogP contribution in [-0.2, 0) is 24.1 Å². The zero-order valence-electron chi connectivity index (χ0n) is 30.5. The lowest BCUT2D eigenvalue weighted by Crippen LogP contribution is -2.39. The van der Waals surface area contributed by atoms with Crippen LogP contribution in [0.25, 0.3) is 11.2 Å². The number of nitrogens with zero attached hydrogens (tertiary/aromatic N) is 4. The number of nitrogens with two attached hydrogens (primary N) is 1. The minimum Gasteiger partial charge on any atom is -0.497 e. The van der Waals surface area contributed by atoms with Crippen LogP contribution in [0.1, 0.15) is 57.0 Å². The van der Waals surface area contributed by atoms with E-state index in [-0.39, 0.29) is 35.9 Å². The average Bonchev–Trinajstić information content (AvgIpc) is 3.76. The number of imidazole rings is 1. The molecule has 13 nitrogen and oxygen atoms in total. The van der Waals surface area contributed by atoms with E-state index in [0.29, 0.717) is 6.42 Å². The third-order valence-corrected chi connectivity index (χ3v) is 11.2. The highest BCUT2D eigenvalue weighted by molar-refractivity contribution is 7.44. The standard InChI is InChI=1S/C38H46N5O8P/c1-24(2)43(25(3)4)52(47-7)51-31-21-33(42-23-40-34-35(42)41-37(39)50-36(34)44)49-32(31)22-48-38(26-11-9-8-10-12-26,27-13-17-29(45-5)18-14-27)28-15-19-30(46-6)20-16-28/h8-20,23-25,31-33H,21-22H2,1-7H3,(H2,39,41)/t31?,32-,33-,52?/m1/s1. The first-order valence-electron chi connectivity index (χ1n) is 17.2. The second-order valence-corrected chi connectivity index (χ2v) is 14.5. The second-order valence-electron chi connectivity index (χ2n) is 13.0. The molecule has 1 fully saturated rings. The van der Waals surface area contributed by atoms with E-state index in [9.17, 15) is 4.79 Å². The number of hydrogen-bond acceptors (Lipinski definition) is 12. The number of aromatic nitrogens is 3. The van der Waals surface area contributed by atoms with Crippen LogP contribution in [0.15, 0.2) is 94.4 Å². The van der Waals surface area contributed by atoms with Gasteiger partial charge >= 0.3 is 5.63 Å². The quantitative estimate of drug-likeness (QED) is 0.0908. The van der Waals surface area contributed by atoms with Gasteiger partial charge in [-0.15, -0.1) is 0 Å². The molecule has 2 unspecified atom stereocenters. The molecule has 4 atom stereocenters. The zero-order chi connectivity index (χ0) is 37.0. The summed E-state index contributed by atoms with van der Waals surface area (Å²) in [6, 6.07) is 25.8. The third kappa shape index (κ3) is 7.43. The minimum atomic E-state index is -1.50. The molecule has 1 aliphatic rings. The van der Waals surface area contributed by atoms with Crippen molar-refractivity contribution in [3.8, 4) is 11.5 Å². The van der Waals surface area contributed by atoms with Gasteiger partial charge in [0.25, 0.3) is 14.5 Å². The molecular weight excluding hydrogens is 685 g/mol. The van der Waals surface area contributed by atoms with Crippen LogP contribution in [0.5, 0.6) is 11.5 Å². The summed E-state index contributed by atoms with van der Waals surface area (Å²) >= 11 is 0. The molecule has 3 aromatic carbocycles. The second kappa shape index (κ2) is 16.1. The van der Waals surface area contributed by atoms with Gasteiger partial charge in [-0.25, -0.2) is 14.4 Å². The van der Waals surface area contributed by atoms with E-state index in [1.54, 1.807) is 25.9 Å². The summed E-state index contributed by atoms with van der Waals surface area (Å²) in [5.74, 6) is 1.44. The van der Waals surface area contributed by atoms with Crippen LogP contribution >= 0.6 is 8.53 Å². The Kier molecular flexibility index (Phi) is 11.6.